The fourth-order valence-electron chi connectivity index (χ4n) is 2.44. The van der Waals surface area contributed by atoms with Crippen molar-refractivity contribution in [1.82, 2.24) is 4.90 Å². The number of nitrogen functional groups attached to an aromatic ring is 1. The minimum absolute atomic E-state index is 0.0464. The Labute approximate surface area is 115 Å². The lowest BCUT2D eigenvalue weighted by Crippen LogP contribution is -2.44. The molecule has 1 heterocycles. The third-order valence-corrected chi connectivity index (χ3v) is 3.86. The molecule has 1 saturated heterocycles. The Kier molecular flexibility index (Phi) is 4.43. The predicted molar refractivity (Wildman–Crippen MR) is 79.1 cm³/mol. The third-order valence-electron chi connectivity index (χ3n) is 3.86. The molecule has 1 aromatic carbocycles. The van der Waals surface area contributed by atoms with E-state index in [0.717, 1.165) is 24.3 Å². The first-order valence-electron chi connectivity index (χ1n) is 6.99. The largest absolute Gasteiger partial charge is 0.398 e. The predicted octanol–water partition coefficient (Wildman–Crippen LogP) is 2.39. The van der Waals surface area contributed by atoms with E-state index in [9.17, 15) is 4.79 Å². The van der Waals surface area contributed by atoms with Gasteiger partial charge in [-0.05, 0) is 57.5 Å². The molecule has 4 nitrogen and oxygen atoms in total. The minimum Gasteiger partial charge on any atom is -0.398 e. The summed E-state index contributed by atoms with van der Waals surface area (Å²) in [5.74, 6) is 0.0464. The van der Waals surface area contributed by atoms with Crippen LogP contribution in [0.3, 0.4) is 0 Å². The summed E-state index contributed by atoms with van der Waals surface area (Å²) in [5.41, 5.74) is 8.37. The molecule has 1 fully saturated rings. The number of carbonyl (C=O) groups is 1. The smallest absolute Gasteiger partial charge is 0.241 e. The third kappa shape index (κ3) is 3.47. The molecule has 3 N–H and O–H groups in total. The molecule has 1 aliphatic rings. The van der Waals surface area contributed by atoms with Crippen LogP contribution in [0.4, 0.5) is 11.4 Å². The van der Waals surface area contributed by atoms with Gasteiger partial charge in [-0.3, -0.25) is 9.69 Å². The number of rotatable bonds is 3. The molecule has 4 heteroatoms. The molecule has 0 aliphatic carbocycles. The number of hydrogen-bond acceptors (Lipinski definition) is 3. The summed E-state index contributed by atoms with van der Waals surface area (Å²) in [5, 5.41) is 2.95. The number of anilines is 2. The molecule has 1 unspecified atom stereocenters. The Balaban J connectivity index is 1.97. The van der Waals surface area contributed by atoms with E-state index in [-0.39, 0.29) is 11.9 Å². The maximum atomic E-state index is 12.2. The zero-order chi connectivity index (χ0) is 13.8. The minimum atomic E-state index is -0.0807. The first-order chi connectivity index (χ1) is 9.08. The van der Waals surface area contributed by atoms with Crippen molar-refractivity contribution in [3.8, 4) is 0 Å². The molecule has 0 saturated carbocycles. The SMILES string of the molecule is Cc1ccc(NC(=O)C(C)N2CCCCC2)cc1N. The van der Waals surface area contributed by atoms with Crippen LogP contribution in [0, 0.1) is 6.92 Å². The number of nitrogens with two attached hydrogens (primary N) is 1. The first kappa shape index (κ1) is 13.9. The number of carbonyl (C=O) groups excluding carboxylic acids is 1. The standard InChI is InChI=1S/C15H23N3O/c1-11-6-7-13(10-14(11)16)17-15(19)12(2)18-8-4-3-5-9-18/h6-7,10,12H,3-5,8-9,16H2,1-2H3,(H,17,19). The van der Waals surface area contributed by atoms with Gasteiger partial charge in [-0.15, -0.1) is 0 Å². The van der Waals surface area contributed by atoms with E-state index in [4.69, 9.17) is 5.73 Å². The number of nitrogens with one attached hydrogen (secondary N) is 1. The van der Waals surface area contributed by atoms with Crippen molar-refractivity contribution < 1.29 is 4.79 Å². The Morgan fingerprint density at radius 2 is 2.00 bits per heavy atom. The van der Waals surface area contributed by atoms with Gasteiger partial charge in [0, 0.05) is 11.4 Å². The molecule has 0 aromatic heterocycles. The van der Waals surface area contributed by atoms with E-state index in [0.29, 0.717) is 5.69 Å². The van der Waals surface area contributed by atoms with E-state index in [1.54, 1.807) is 0 Å². The van der Waals surface area contributed by atoms with Crippen molar-refractivity contribution in [2.24, 2.45) is 0 Å². The van der Waals surface area contributed by atoms with Gasteiger partial charge in [-0.1, -0.05) is 12.5 Å². The summed E-state index contributed by atoms with van der Waals surface area (Å²) in [4.78, 5) is 14.5. The van der Waals surface area contributed by atoms with Crippen molar-refractivity contribution in [3.63, 3.8) is 0 Å². The Morgan fingerprint density at radius 1 is 1.32 bits per heavy atom. The number of aryl methyl sites for hydroxylation is 1. The van der Waals surface area contributed by atoms with Gasteiger partial charge in [0.25, 0.3) is 0 Å². The summed E-state index contributed by atoms with van der Waals surface area (Å²) in [7, 11) is 0. The number of piperidine rings is 1. The van der Waals surface area contributed by atoms with Gasteiger partial charge in [-0.2, -0.15) is 0 Å². The van der Waals surface area contributed by atoms with E-state index in [2.05, 4.69) is 10.2 Å². The van der Waals surface area contributed by atoms with Gasteiger partial charge in [0.1, 0.15) is 0 Å². The van der Waals surface area contributed by atoms with Crippen LogP contribution in [0.1, 0.15) is 31.7 Å². The van der Waals surface area contributed by atoms with Gasteiger partial charge < -0.3 is 11.1 Å². The van der Waals surface area contributed by atoms with Crippen LogP contribution < -0.4 is 11.1 Å². The summed E-state index contributed by atoms with van der Waals surface area (Å²) in [6.45, 7) is 5.96. The number of benzene rings is 1. The molecule has 0 bridgehead atoms. The highest BCUT2D eigenvalue weighted by atomic mass is 16.2. The van der Waals surface area contributed by atoms with Crippen LogP contribution >= 0.6 is 0 Å². The number of nitrogens with zero attached hydrogens (tertiary/aromatic N) is 1. The van der Waals surface area contributed by atoms with Gasteiger partial charge in [0.2, 0.25) is 5.91 Å². The van der Waals surface area contributed by atoms with Crippen LogP contribution in [0.5, 0.6) is 0 Å². The molecule has 1 amide bonds. The summed E-state index contributed by atoms with van der Waals surface area (Å²) >= 11 is 0. The van der Waals surface area contributed by atoms with Crippen molar-refractivity contribution in [2.45, 2.75) is 39.2 Å². The van der Waals surface area contributed by atoms with E-state index >= 15 is 0 Å². The number of amides is 1. The van der Waals surface area contributed by atoms with Crippen molar-refractivity contribution >= 4 is 17.3 Å². The Hall–Kier alpha value is -1.55. The molecular weight excluding hydrogens is 238 g/mol. The molecule has 0 spiro atoms. The summed E-state index contributed by atoms with van der Waals surface area (Å²) in [6.07, 6.45) is 3.66. The van der Waals surface area contributed by atoms with Crippen molar-refractivity contribution in [3.05, 3.63) is 23.8 Å². The highest BCUT2D eigenvalue weighted by Gasteiger charge is 2.22. The van der Waals surface area contributed by atoms with Crippen LogP contribution in [0.2, 0.25) is 0 Å². The fourth-order valence-corrected chi connectivity index (χ4v) is 2.44. The maximum Gasteiger partial charge on any atom is 0.241 e. The highest BCUT2D eigenvalue weighted by molar-refractivity contribution is 5.95. The zero-order valence-corrected chi connectivity index (χ0v) is 11.8. The van der Waals surface area contributed by atoms with Gasteiger partial charge in [0.15, 0.2) is 0 Å². The lowest BCUT2D eigenvalue weighted by atomic mass is 10.1. The molecule has 2 rings (SSSR count). The summed E-state index contributed by atoms with van der Waals surface area (Å²) < 4.78 is 0. The molecule has 0 radical (unpaired) electrons. The molecule has 19 heavy (non-hydrogen) atoms. The van der Waals surface area contributed by atoms with Crippen LogP contribution in [0.25, 0.3) is 0 Å². The maximum absolute atomic E-state index is 12.2. The van der Waals surface area contributed by atoms with Gasteiger partial charge in [-0.25, -0.2) is 0 Å². The lowest BCUT2D eigenvalue weighted by molar-refractivity contribution is -0.121. The topological polar surface area (TPSA) is 58.4 Å². The molecule has 1 aromatic rings. The van der Waals surface area contributed by atoms with E-state index in [1.807, 2.05) is 32.0 Å². The second-order valence-electron chi connectivity index (χ2n) is 5.33. The zero-order valence-electron chi connectivity index (χ0n) is 11.8. The quantitative estimate of drug-likeness (QED) is 0.821. The lowest BCUT2D eigenvalue weighted by Gasteiger charge is -2.31. The number of likely N-dealkylation sites (tertiary alicyclic amines) is 1. The molecule has 1 atom stereocenters. The Morgan fingerprint density at radius 3 is 2.63 bits per heavy atom. The molecule has 1 aliphatic heterocycles. The van der Waals surface area contributed by atoms with Crippen molar-refractivity contribution in [2.75, 3.05) is 24.1 Å². The second kappa shape index (κ2) is 6.06. The Bertz CT molecular complexity index is 453. The van der Waals surface area contributed by atoms with Crippen molar-refractivity contribution in [1.29, 1.82) is 0 Å². The van der Waals surface area contributed by atoms with Crippen LogP contribution in [-0.4, -0.2) is 29.9 Å². The van der Waals surface area contributed by atoms with E-state index < -0.39 is 0 Å². The normalized spacial score (nSPS) is 18.0. The first-order valence-corrected chi connectivity index (χ1v) is 6.99. The summed E-state index contributed by atoms with van der Waals surface area (Å²) in [6, 6.07) is 5.56. The highest BCUT2D eigenvalue weighted by Crippen LogP contribution is 2.18. The van der Waals surface area contributed by atoms with Crippen LogP contribution in [-0.2, 0) is 4.79 Å². The van der Waals surface area contributed by atoms with Gasteiger partial charge >= 0.3 is 0 Å². The molecular formula is C15H23N3O. The average molecular weight is 261 g/mol. The van der Waals surface area contributed by atoms with E-state index in [1.165, 1.54) is 19.3 Å². The second-order valence-corrected chi connectivity index (χ2v) is 5.33. The average Bonchev–Trinajstić information content (AvgIpc) is 2.43. The van der Waals surface area contributed by atoms with Crippen LogP contribution in [0.15, 0.2) is 18.2 Å². The fraction of sp³-hybridized carbons (Fsp3) is 0.533. The monoisotopic (exact) mass is 261 g/mol. The molecule has 104 valence electrons. The number of hydrogen-bond donors (Lipinski definition) is 2. The van der Waals surface area contributed by atoms with Gasteiger partial charge in [0.05, 0.1) is 6.04 Å².